The minimum Gasteiger partial charge on any atom is -0.870 e. The zero-order chi connectivity index (χ0) is 2.00. The average Bonchev–Trinajstić information content (AvgIpc) is 1.00. The third-order valence-corrected chi connectivity index (χ3v) is 0. The molecule has 0 atom stereocenters. The van der Waals surface area contributed by atoms with Gasteiger partial charge in [-0.15, -0.1) is 0 Å². The van der Waals surface area contributed by atoms with Gasteiger partial charge in [-0.2, -0.15) is 0 Å². The third-order valence-electron chi connectivity index (χ3n) is 0. The first-order valence-electron chi connectivity index (χ1n) is 0.236. The first kappa shape index (κ1) is 22.8. The van der Waals surface area contributed by atoms with E-state index in [0.717, 1.165) is 0 Å². The summed E-state index contributed by atoms with van der Waals surface area (Å²) >= 11 is 0. The van der Waals surface area contributed by atoms with Gasteiger partial charge in [0, 0.05) is 0 Å². The predicted molar refractivity (Wildman–Crippen MR) is 15.2 cm³/mol. The van der Waals surface area contributed by atoms with Crippen molar-refractivity contribution in [3.05, 3.63) is 5.21 Å². The summed E-state index contributed by atoms with van der Waals surface area (Å²) in [5.41, 5.74) is 0. The van der Waals surface area contributed by atoms with Crippen LogP contribution in [0.3, 0.4) is 0 Å². The van der Waals surface area contributed by atoms with Crippen LogP contribution >= 0.6 is 0 Å². The molecule has 0 saturated carbocycles. The van der Waals surface area contributed by atoms with Crippen LogP contribution in [0, 0.1) is 5.21 Å². The van der Waals surface area contributed by atoms with Crippen LogP contribution in [-0.2, 0) is 0 Å². The van der Waals surface area contributed by atoms with Gasteiger partial charge in [-0.25, -0.2) is 0 Å². The number of nitrogens with two attached hydrogens (primary N) is 1. The van der Waals surface area contributed by atoms with Crippen molar-refractivity contribution >= 4 is 23.1 Å². The fraction of sp³-hybridized carbons (Fsp3) is 0. The van der Waals surface area contributed by atoms with Gasteiger partial charge in [-0.05, 0) is 0 Å². The van der Waals surface area contributed by atoms with Crippen molar-refractivity contribution in [2.45, 2.75) is 0 Å². The van der Waals surface area contributed by atoms with E-state index in [1.54, 1.807) is 0 Å². The van der Waals surface area contributed by atoms with E-state index in [9.17, 15) is 0 Å². The van der Waals surface area contributed by atoms with E-state index >= 15 is 0 Å². The maximum absolute atomic E-state index is 7.75. The Morgan fingerprint density at radius 2 is 1.25 bits per heavy atom. The molecule has 0 heterocycles. The minimum atomic E-state index is 0. The van der Waals surface area contributed by atoms with Gasteiger partial charge in [0.15, 0.2) is 0 Å². The Morgan fingerprint density at radius 1 is 1.25 bits per heavy atom. The molecule has 0 aliphatic heterocycles. The quantitative estimate of drug-likeness (QED) is 0.291. The zero-order valence-corrected chi connectivity index (χ0v) is 3.55. The number of rotatable bonds is 0. The second kappa shape index (κ2) is 61.1. The van der Waals surface area contributed by atoms with Gasteiger partial charge in [0.1, 0.15) is 0 Å². The molecular formula is H3MgNO2. The first-order chi connectivity index (χ1) is 1.00. The van der Waals surface area contributed by atoms with Crippen LogP contribution in [0.5, 0.6) is 0 Å². The van der Waals surface area contributed by atoms with Crippen LogP contribution in [0.4, 0.5) is 0 Å². The molecule has 3 nitrogen and oxygen atoms in total. The van der Waals surface area contributed by atoms with Crippen LogP contribution in [0.25, 0.3) is 0 Å². The molecular weight excluding hydrogens is 70.3 g/mol. The minimum absolute atomic E-state index is 0. The van der Waals surface area contributed by atoms with E-state index in [2.05, 4.69) is 5.90 Å². The smallest absolute Gasteiger partial charge is 0.870 e. The molecule has 0 aromatic heterocycles. The largest absolute Gasteiger partial charge is 2.00 e. The summed E-state index contributed by atoms with van der Waals surface area (Å²) in [5.74, 6) is 3.25. The van der Waals surface area contributed by atoms with Crippen LogP contribution in [0.1, 0.15) is 0 Å². The van der Waals surface area contributed by atoms with Crippen LogP contribution in [-0.4, -0.2) is 28.5 Å². The van der Waals surface area contributed by atoms with Crippen molar-refractivity contribution in [3.63, 3.8) is 0 Å². The van der Waals surface area contributed by atoms with Gasteiger partial charge >= 0.3 is 23.1 Å². The maximum Gasteiger partial charge on any atom is 2.00 e. The maximum atomic E-state index is 7.75. The van der Waals surface area contributed by atoms with Gasteiger partial charge in [-0.1, -0.05) is 0 Å². The van der Waals surface area contributed by atoms with E-state index in [1.165, 1.54) is 0 Å². The number of hydrogen-bond donors (Lipinski definition) is 1. The van der Waals surface area contributed by atoms with Crippen LogP contribution in [0.2, 0.25) is 0 Å². The summed E-state index contributed by atoms with van der Waals surface area (Å²) in [6.45, 7) is 0. The monoisotopic (exact) mass is 73.0 g/mol. The van der Waals surface area contributed by atoms with Crippen molar-refractivity contribution in [2.24, 2.45) is 5.90 Å². The normalized spacial score (nSPS) is 1.50. The van der Waals surface area contributed by atoms with E-state index in [-0.39, 0.29) is 28.5 Å². The molecule has 0 rings (SSSR count). The molecule has 0 unspecified atom stereocenters. The summed E-state index contributed by atoms with van der Waals surface area (Å²) in [6, 6.07) is 0. The van der Waals surface area contributed by atoms with Gasteiger partial charge in [0.05, 0.1) is 0 Å². The molecule has 0 saturated heterocycles. The zero-order valence-electron chi connectivity index (χ0n) is 2.14. The Labute approximate surface area is 40.2 Å². The molecule has 0 aromatic rings. The molecule has 0 fully saturated rings. The summed E-state index contributed by atoms with van der Waals surface area (Å²) in [6.07, 6.45) is 0. The van der Waals surface area contributed by atoms with E-state index < -0.39 is 0 Å². The molecule has 0 amide bonds. The summed E-state index contributed by atoms with van der Waals surface area (Å²) in [7, 11) is 0. The molecule has 0 radical (unpaired) electrons. The Bertz CT molecular complexity index is 6.00. The van der Waals surface area contributed by atoms with Crippen molar-refractivity contribution in [1.82, 2.24) is 0 Å². The van der Waals surface area contributed by atoms with Crippen molar-refractivity contribution in [3.8, 4) is 0 Å². The SMILES string of the molecule is N[O-].[Mg+2].[OH-]. The van der Waals surface area contributed by atoms with Crippen molar-refractivity contribution in [1.29, 1.82) is 0 Å². The van der Waals surface area contributed by atoms with E-state index in [4.69, 9.17) is 5.21 Å². The molecule has 22 valence electrons. The number of hydrogen-bond acceptors (Lipinski definition) is 3. The fourth-order valence-corrected chi connectivity index (χ4v) is 0. The van der Waals surface area contributed by atoms with Gasteiger partial charge in [0.25, 0.3) is 0 Å². The van der Waals surface area contributed by atoms with Gasteiger partial charge in [0.2, 0.25) is 0 Å². The summed E-state index contributed by atoms with van der Waals surface area (Å²) in [5, 5.41) is 7.75. The molecule has 4 heavy (non-hydrogen) atoms. The molecule has 0 aliphatic rings. The van der Waals surface area contributed by atoms with Crippen LogP contribution in [0.15, 0.2) is 0 Å². The molecule has 0 aromatic carbocycles. The molecule has 0 spiro atoms. The Balaban J connectivity index is -0.00000000500. The Hall–Kier alpha value is 0.646. The second-order valence-corrected chi connectivity index (χ2v) is 0. The summed E-state index contributed by atoms with van der Waals surface area (Å²) in [4.78, 5) is 0. The van der Waals surface area contributed by atoms with E-state index in [0.29, 0.717) is 0 Å². The van der Waals surface area contributed by atoms with Crippen LogP contribution < -0.4 is 5.90 Å². The topological polar surface area (TPSA) is 79.1 Å². The molecule has 0 bridgehead atoms. The predicted octanol–water partition coefficient (Wildman–Crippen LogP) is -1.11. The summed E-state index contributed by atoms with van der Waals surface area (Å²) < 4.78 is 0. The Morgan fingerprint density at radius 3 is 1.25 bits per heavy atom. The van der Waals surface area contributed by atoms with Gasteiger partial charge < -0.3 is 16.6 Å². The molecule has 0 aliphatic carbocycles. The average molecular weight is 73.3 g/mol. The third kappa shape index (κ3) is 17.2. The fourth-order valence-electron chi connectivity index (χ4n) is 0. The Kier molecular flexibility index (Phi) is 348. The van der Waals surface area contributed by atoms with Crippen molar-refractivity contribution in [2.75, 3.05) is 0 Å². The first-order valence-corrected chi connectivity index (χ1v) is 0.236. The standard InChI is InChI=1S/Mg.H2NO.H2O/c;1-2;/h;1H2;1H2/q+2;-1;/p-1. The van der Waals surface area contributed by atoms with Crippen molar-refractivity contribution < 1.29 is 5.48 Å². The second-order valence-electron chi connectivity index (χ2n) is 0. The van der Waals surface area contributed by atoms with Gasteiger partial charge in [-0.3, -0.25) is 0 Å². The molecule has 3 N–H and O–H groups in total. The molecule has 4 heteroatoms. The van der Waals surface area contributed by atoms with E-state index in [1.807, 2.05) is 0 Å².